The maximum Gasteiger partial charge on any atom is 0.223 e. The summed E-state index contributed by atoms with van der Waals surface area (Å²) in [6, 6.07) is 6.09. The van der Waals surface area contributed by atoms with Crippen molar-refractivity contribution in [1.82, 2.24) is 10.6 Å². The fourth-order valence-electron chi connectivity index (χ4n) is 2.12. The van der Waals surface area contributed by atoms with Crippen molar-refractivity contribution in [3.63, 3.8) is 0 Å². The lowest BCUT2D eigenvalue weighted by molar-refractivity contribution is -0.121. The van der Waals surface area contributed by atoms with E-state index >= 15 is 0 Å². The number of hydrogen-bond acceptors (Lipinski definition) is 3. The Bertz CT molecular complexity index is 422. The average molecular weight is 262 g/mol. The van der Waals surface area contributed by atoms with Crippen LogP contribution < -0.4 is 15.4 Å². The SMILES string of the molecule is Cc1cc(C)cc(OCCC(=O)NCC2CNC2)c1. The molecule has 1 fully saturated rings. The predicted molar refractivity (Wildman–Crippen MR) is 75.4 cm³/mol. The highest BCUT2D eigenvalue weighted by atomic mass is 16.5. The van der Waals surface area contributed by atoms with Crippen molar-refractivity contribution in [2.45, 2.75) is 20.3 Å². The molecule has 1 amide bonds. The third-order valence-corrected chi connectivity index (χ3v) is 3.25. The van der Waals surface area contributed by atoms with Crippen LogP contribution in [0.2, 0.25) is 0 Å². The zero-order valence-electron chi connectivity index (χ0n) is 11.7. The van der Waals surface area contributed by atoms with Gasteiger partial charge in [-0.05, 0) is 37.1 Å². The third kappa shape index (κ3) is 4.56. The van der Waals surface area contributed by atoms with Crippen molar-refractivity contribution in [3.8, 4) is 5.75 Å². The summed E-state index contributed by atoms with van der Waals surface area (Å²) in [5, 5.41) is 6.12. The molecule has 2 N–H and O–H groups in total. The van der Waals surface area contributed by atoms with Crippen LogP contribution in [0.5, 0.6) is 5.75 Å². The third-order valence-electron chi connectivity index (χ3n) is 3.25. The first-order valence-electron chi connectivity index (χ1n) is 6.82. The molecule has 1 aliphatic rings. The summed E-state index contributed by atoms with van der Waals surface area (Å²) in [5.74, 6) is 1.51. The molecule has 4 nitrogen and oxygen atoms in total. The number of benzene rings is 1. The lowest BCUT2D eigenvalue weighted by atomic mass is 10.0. The second kappa shape index (κ2) is 6.57. The first-order chi connectivity index (χ1) is 9.13. The van der Waals surface area contributed by atoms with Gasteiger partial charge >= 0.3 is 0 Å². The van der Waals surface area contributed by atoms with E-state index in [9.17, 15) is 4.79 Å². The smallest absolute Gasteiger partial charge is 0.223 e. The summed E-state index contributed by atoms with van der Waals surface area (Å²) in [5.41, 5.74) is 2.36. The van der Waals surface area contributed by atoms with Gasteiger partial charge in [0.2, 0.25) is 5.91 Å². The van der Waals surface area contributed by atoms with Crippen LogP contribution in [0.1, 0.15) is 17.5 Å². The first kappa shape index (κ1) is 13.9. The van der Waals surface area contributed by atoms with E-state index < -0.39 is 0 Å². The molecule has 1 aromatic rings. The molecule has 2 rings (SSSR count). The molecule has 0 bridgehead atoms. The van der Waals surface area contributed by atoms with Crippen molar-refractivity contribution < 1.29 is 9.53 Å². The number of nitrogens with one attached hydrogen (secondary N) is 2. The van der Waals surface area contributed by atoms with Crippen LogP contribution in [0.25, 0.3) is 0 Å². The summed E-state index contributed by atoms with van der Waals surface area (Å²) in [4.78, 5) is 11.6. The molecule has 0 aromatic heterocycles. The lowest BCUT2D eigenvalue weighted by Gasteiger charge is -2.27. The van der Waals surface area contributed by atoms with Gasteiger partial charge in [-0.15, -0.1) is 0 Å². The summed E-state index contributed by atoms with van der Waals surface area (Å²) < 4.78 is 5.61. The van der Waals surface area contributed by atoms with Crippen LogP contribution in [0.15, 0.2) is 18.2 Å². The van der Waals surface area contributed by atoms with Crippen molar-refractivity contribution in [1.29, 1.82) is 0 Å². The number of ether oxygens (including phenoxy) is 1. The maximum absolute atomic E-state index is 11.6. The van der Waals surface area contributed by atoms with E-state index in [4.69, 9.17) is 4.74 Å². The largest absolute Gasteiger partial charge is 0.493 e. The summed E-state index contributed by atoms with van der Waals surface area (Å²) in [7, 11) is 0. The number of aryl methyl sites for hydroxylation is 2. The van der Waals surface area contributed by atoms with Crippen molar-refractivity contribution in [3.05, 3.63) is 29.3 Å². The summed E-state index contributed by atoms with van der Waals surface area (Å²) in [6.07, 6.45) is 0.410. The Morgan fingerprint density at radius 2 is 2.00 bits per heavy atom. The van der Waals surface area contributed by atoms with Crippen LogP contribution >= 0.6 is 0 Å². The highest BCUT2D eigenvalue weighted by molar-refractivity contribution is 5.76. The summed E-state index contributed by atoms with van der Waals surface area (Å²) >= 11 is 0. The first-order valence-corrected chi connectivity index (χ1v) is 6.82. The molecule has 0 radical (unpaired) electrons. The van der Waals surface area contributed by atoms with Crippen LogP contribution in [0.4, 0.5) is 0 Å². The van der Waals surface area contributed by atoms with Gasteiger partial charge in [0.15, 0.2) is 0 Å². The number of amides is 1. The van der Waals surface area contributed by atoms with Gasteiger partial charge in [-0.3, -0.25) is 4.79 Å². The Kier molecular flexibility index (Phi) is 4.80. The molecule has 1 heterocycles. The van der Waals surface area contributed by atoms with Gasteiger partial charge in [0.1, 0.15) is 5.75 Å². The van der Waals surface area contributed by atoms with E-state index in [0.717, 1.165) is 25.4 Å². The second-order valence-electron chi connectivity index (χ2n) is 5.25. The van der Waals surface area contributed by atoms with Crippen molar-refractivity contribution in [2.75, 3.05) is 26.2 Å². The molecular formula is C15H22N2O2. The average Bonchev–Trinajstić information content (AvgIpc) is 2.25. The molecule has 0 spiro atoms. The van der Waals surface area contributed by atoms with Crippen LogP contribution in [0, 0.1) is 19.8 Å². The van der Waals surface area contributed by atoms with Crippen molar-refractivity contribution in [2.24, 2.45) is 5.92 Å². The van der Waals surface area contributed by atoms with E-state index in [1.54, 1.807) is 0 Å². The number of hydrogen-bond donors (Lipinski definition) is 2. The van der Waals surface area contributed by atoms with Crippen LogP contribution in [0.3, 0.4) is 0 Å². The number of carbonyl (C=O) groups excluding carboxylic acids is 1. The Hall–Kier alpha value is -1.55. The minimum Gasteiger partial charge on any atom is -0.493 e. The molecule has 0 saturated carbocycles. The highest BCUT2D eigenvalue weighted by Gasteiger charge is 2.16. The fraction of sp³-hybridized carbons (Fsp3) is 0.533. The van der Waals surface area contributed by atoms with Gasteiger partial charge in [0.25, 0.3) is 0 Å². The number of carbonyl (C=O) groups is 1. The van der Waals surface area contributed by atoms with E-state index in [1.807, 2.05) is 26.0 Å². The molecule has 104 valence electrons. The van der Waals surface area contributed by atoms with Crippen molar-refractivity contribution >= 4 is 5.91 Å². The Balaban J connectivity index is 1.66. The Morgan fingerprint density at radius 3 is 2.58 bits per heavy atom. The summed E-state index contributed by atoms with van der Waals surface area (Å²) in [6.45, 7) is 7.31. The molecule has 0 atom stereocenters. The monoisotopic (exact) mass is 262 g/mol. The van der Waals surface area contributed by atoms with E-state index in [0.29, 0.717) is 18.9 Å². The standard InChI is InChI=1S/C15H22N2O2/c1-11-5-12(2)7-14(6-11)19-4-3-15(18)17-10-13-8-16-9-13/h5-7,13,16H,3-4,8-10H2,1-2H3,(H,17,18). The minimum absolute atomic E-state index is 0.0660. The molecule has 1 aliphatic heterocycles. The zero-order valence-corrected chi connectivity index (χ0v) is 11.7. The van der Waals surface area contributed by atoms with Gasteiger partial charge < -0.3 is 15.4 Å². The topological polar surface area (TPSA) is 50.4 Å². The highest BCUT2D eigenvalue weighted by Crippen LogP contribution is 2.16. The Morgan fingerprint density at radius 1 is 1.32 bits per heavy atom. The molecule has 4 heteroatoms. The zero-order chi connectivity index (χ0) is 13.7. The van der Waals surface area contributed by atoms with Gasteiger partial charge in [-0.2, -0.15) is 0 Å². The molecule has 1 saturated heterocycles. The fourth-order valence-corrected chi connectivity index (χ4v) is 2.12. The van der Waals surface area contributed by atoms with Gasteiger partial charge in [-0.1, -0.05) is 6.07 Å². The minimum atomic E-state index is 0.0660. The lowest BCUT2D eigenvalue weighted by Crippen LogP contribution is -2.48. The van der Waals surface area contributed by atoms with Gasteiger partial charge in [0.05, 0.1) is 13.0 Å². The van der Waals surface area contributed by atoms with Gasteiger partial charge in [-0.25, -0.2) is 0 Å². The second-order valence-corrected chi connectivity index (χ2v) is 5.25. The quantitative estimate of drug-likeness (QED) is 0.815. The van der Waals surface area contributed by atoms with E-state index in [-0.39, 0.29) is 5.91 Å². The Labute approximate surface area is 114 Å². The number of rotatable bonds is 6. The molecule has 19 heavy (non-hydrogen) atoms. The maximum atomic E-state index is 11.6. The molecular weight excluding hydrogens is 240 g/mol. The van der Waals surface area contributed by atoms with Gasteiger partial charge in [0, 0.05) is 25.6 Å². The van der Waals surface area contributed by atoms with Crippen LogP contribution in [-0.4, -0.2) is 32.1 Å². The van der Waals surface area contributed by atoms with Crippen LogP contribution in [-0.2, 0) is 4.79 Å². The molecule has 1 aromatic carbocycles. The molecule has 0 aliphatic carbocycles. The van der Waals surface area contributed by atoms with E-state index in [2.05, 4.69) is 16.7 Å². The normalized spacial score (nSPS) is 14.8. The van der Waals surface area contributed by atoms with E-state index in [1.165, 1.54) is 11.1 Å². The molecule has 0 unspecified atom stereocenters. The predicted octanol–water partition coefficient (Wildman–Crippen LogP) is 1.41.